The van der Waals surface area contributed by atoms with E-state index in [-0.39, 0.29) is 5.43 Å². The molecule has 0 spiro atoms. The minimum atomic E-state index is 0.0341. The van der Waals surface area contributed by atoms with Gasteiger partial charge < -0.3 is 10.7 Å². The lowest BCUT2D eigenvalue weighted by molar-refractivity contribution is 1.33. The number of hydrogen-bond donors (Lipinski definition) is 2. The van der Waals surface area contributed by atoms with Crippen molar-refractivity contribution in [1.29, 1.82) is 0 Å². The number of nitrogens with one attached hydrogen (secondary N) is 1. The molecule has 0 unspecified atom stereocenters. The van der Waals surface area contributed by atoms with Gasteiger partial charge in [-0.15, -0.1) is 0 Å². The fraction of sp³-hybridized carbons (Fsp3) is 0.0476. The van der Waals surface area contributed by atoms with Crippen molar-refractivity contribution in [2.75, 3.05) is 5.73 Å². The molecule has 2 aromatic heterocycles. The van der Waals surface area contributed by atoms with Crippen molar-refractivity contribution in [1.82, 2.24) is 9.97 Å². The Morgan fingerprint density at radius 3 is 2.72 bits per heavy atom. The summed E-state index contributed by atoms with van der Waals surface area (Å²) in [5.74, 6) is 0. The van der Waals surface area contributed by atoms with Crippen LogP contribution in [0.15, 0.2) is 59.7 Å². The summed E-state index contributed by atoms with van der Waals surface area (Å²) >= 11 is 0. The van der Waals surface area contributed by atoms with Crippen molar-refractivity contribution >= 4 is 38.3 Å². The molecule has 0 atom stereocenters. The first kappa shape index (κ1) is 14.0. The van der Waals surface area contributed by atoms with Crippen LogP contribution < -0.4 is 11.2 Å². The molecule has 3 N–H and O–H groups in total. The van der Waals surface area contributed by atoms with E-state index in [0.29, 0.717) is 11.1 Å². The third kappa shape index (κ3) is 1.88. The molecule has 0 aliphatic heterocycles. The maximum absolute atomic E-state index is 12.9. The Kier molecular flexibility index (Phi) is 2.69. The second-order valence-corrected chi connectivity index (χ2v) is 6.48. The highest BCUT2D eigenvalue weighted by atomic mass is 16.1. The van der Waals surface area contributed by atoms with Gasteiger partial charge in [-0.1, -0.05) is 29.8 Å². The molecule has 0 radical (unpaired) electrons. The number of nitrogens with zero attached hydrogens (tertiary/aromatic N) is 1. The smallest absolute Gasteiger partial charge is 0.195 e. The molecular weight excluding hydrogens is 310 g/mol. The molecule has 3 aromatic carbocycles. The number of H-pyrrole nitrogens is 1. The Morgan fingerprint density at radius 1 is 1.00 bits per heavy atom. The van der Waals surface area contributed by atoms with Gasteiger partial charge in [-0.05, 0) is 36.1 Å². The van der Waals surface area contributed by atoms with Crippen LogP contribution in [0.2, 0.25) is 0 Å². The van der Waals surface area contributed by atoms with Gasteiger partial charge >= 0.3 is 0 Å². The summed E-state index contributed by atoms with van der Waals surface area (Å²) in [5.41, 5.74) is 10.6. The molecule has 0 amide bonds. The van der Waals surface area contributed by atoms with Crippen molar-refractivity contribution < 1.29 is 0 Å². The van der Waals surface area contributed by atoms with Crippen LogP contribution in [0, 0.1) is 6.92 Å². The fourth-order valence-corrected chi connectivity index (χ4v) is 3.69. The molecule has 0 fully saturated rings. The van der Waals surface area contributed by atoms with Crippen LogP contribution in [-0.4, -0.2) is 9.97 Å². The lowest BCUT2D eigenvalue weighted by Gasteiger charge is -2.11. The third-order valence-corrected chi connectivity index (χ3v) is 4.83. The van der Waals surface area contributed by atoms with Crippen molar-refractivity contribution in [3.8, 4) is 11.1 Å². The van der Waals surface area contributed by atoms with Crippen molar-refractivity contribution in [3.05, 3.63) is 70.6 Å². The molecule has 120 valence electrons. The molecule has 0 aliphatic rings. The third-order valence-electron chi connectivity index (χ3n) is 4.83. The van der Waals surface area contributed by atoms with Gasteiger partial charge in [0.1, 0.15) is 5.65 Å². The summed E-state index contributed by atoms with van der Waals surface area (Å²) in [5, 5.41) is 4.28. The molecule has 2 heterocycles. The minimum absolute atomic E-state index is 0.0341. The number of nitrogens with two attached hydrogens (primary N) is 1. The molecule has 4 heteroatoms. The number of aryl methyl sites for hydroxylation is 1. The Hall–Kier alpha value is -3.40. The summed E-state index contributed by atoms with van der Waals surface area (Å²) in [6.07, 6.45) is 3.62. The highest BCUT2D eigenvalue weighted by Gasteiger charge is 2.17. The van der Waals surface area contributed by atoms with Gasteiger partial charge in [-0.3, -0.25) is 4.79 Å². The number of aromatic amines is 1. The van der Waals surface area contributed by atoms with E-state index in [0.717, 1.165) is 43.9 Å². The monoisotopic (exact) mass is 325 g/mol. The van der Waals surface area contributed by atoms with Crippen molar-refractivity contribution in [2.24, 2.45) is 0 Å². The number of aromatic nitrogens is 2. The zero-order valence-electron chi connectivity index (χ0n) is 13.6. The summed E-state index contributed by atoms with van der Waals surface area (Å²) in [6, 6.07) is 13.8. The topological polar surface area (TPSA) is 71.8 Å². The van der Waals surface area contributed by atoms with E-state index < -0.39 is 0 Å². The number of hydrogen-bond acceptors (Lipinski definition) is 3. The van der Waals surface area contributed by atoms with E-state index in [9.17, 15) is 4.79 Å². The minimum Gasteiger partial charge on any atom is -0.399 e. The lowest BCUT2D eigenvalue weighted by Crippen LogP contribution is -2.02. The van der Waals surface area contributed by atoms with E-state index in [1.165, 1.54) is 0 Å². The van der Waals surface area contributed by atoms with Gasteiger partial charge in [0.2, 0.25) is 0 Å². The van der Waals surface area contributed by atoms with Gasteiger partial charge in [0.05, 0.1) is 5.39 Å². The second-order valence-electron chi connectivity index (χ2n) is 6.48. The lowest BCUT2D eigenvalue weighted by atomic mass is 9.93. The molecule has 0 aliphatic carbocycles. The molecule has 25 heavy (non-hydrogen) atoms. The quantitative estimate of drug-likeness (QED) is 0.358. The van der Waals surface area contributed by atoms with E-state index in [1.807, 2.05) is 55.6 Å². The van der Waals surface area contributed by atoms with E-state index in [2.05, 4.69) is 9.97 Å². The Labute approximate surface area is 143 Å². The van der Waals surface area contributed by atoms with Crippen molar-refractivity contribution in [2.45, 2.75) is 6.92 Å². The summed E-state index contributed by atoms with van der Waals surface area (Å²) < 4.78 is 0. The van der Waals surface area contributed by atoms with Crippen molar-refractivity contribution in [3.63, 3.8) is 0 Å². The molecule has 0 saturated carbocycles. The second kappa shape index (κ2) is 4.80. The standard InChI is InChI=1S/C21H15N3O/c1-11-5-6-14-15(7-11)20(25)17-10-24-21-19(17)18(14)16(9-23-21)12-3-2-4-13(22)8-12/h2-10H,22H2,1H3,(H,23,24). The molecule has 0 saturated heterocycles. The van der Waals surface area contributed by atoms with Gasteiger partial charge in [-0.25, -0.2) is 4.98 Å². The first-order chi connectivity index (χ1) is 12.1. The number of benzene rings is 3. The average molecular weight is 325 g/mol. The molecule has 0 bridgehead atoms. The van der Waals surface area contributed by atoms with Crippen LogP contribution in [0.3, 0.4) is 0 Å². The van der Waals surface area contributed by atoms with Gasteiger partial charge in [0.15, 0.2) is 5.43 Å². The molecular formula is C21H15N3O. The van der Waals surface area contributed by atoms with E-state index in [4.69, 9.17) is 5.73 Å². The number of nitrogen functional groups attached to an aromatic ring is 1. The van der Waals surface area contributed by atoms with Crippen LogP contribution in [0.5, 0.6) is 0 Å². The highest BCUT2D eigenvalue weighted by molar-refractivity contribution is 6.24. The number of rotatable bonds is 1. The highest BCUT2D eigenvalue weighted by Crippen LogP contribution is 2.37. The summed E-state index contributed by atoms with van der Waals surface area (Å²) in [6.45, 7) is 2.00. The summed E-state index contributed by atoms with van der Waals surface area (Å²) in [4.78, 5) is 20.6. The Bertz CT molecular complexity index is 1330. The Balaban J connectivity index is 2.08. The van der Waals surface area contributed by atoms with Crippen LogP contribution >= 0.6 is 0 Å². The van der Waals surface area contributed by atoms with E-state index in [1.54, 1.807) is 6.20 Å². The predicted octanol–water partition coefficient (Wildman–Crippen LogP) is 4.22. The number of anilines is 1. The predicted molar refractivity (Wildman–Crippen MR) is 103 cm³/mol. The summed E-state index contributed by atoms with van der Waals surface area (Å²) in [7, 11) is 0. The van der Waals surface area contributed by atoms with Crippen LogP contribution in [0.1, 0.15) is 5.56 Å². The average Bonchev–Trinajstić information content (AvgIpc) is 3.04. The number of pyridine rings is 1. The molecule has 4 nitrogen and oxygen atoms in total. The maximum Gasteiger partial charge on any atom is 0.195 e. The van der Waals surface area contributed by atoms with Gasteiger partial charge in [0, 0.05) is 39.8 Å². The van der Waals surface area contributed by atoms with Crippen LogP contribution in [0.4, 0.5) is 5.69 Å². The first-order valence-electron chi connectivity index (χ1n) is 8.15. The zero-order chi connectivity index (χ0) is 17.1. The SMILES string of the molecule is Cc1ccc2c(c1)c(=O)c1cnc3[nH]cc(-c4cccc(N)c4)c2c31. The number of fused-ring (bicyclic) bond motifs is 2. The van der Waals surface area contributed by atoms with Crippen LogP contribution in [-0.2, 0) is 0 Å². The molecule has 5 aromatic rings. The zero-order valence-corrected chi connectivity index (χ0v) is 13.6. The Morgan fingerprint density at radius 2 is 1.88 bits per heavy atom. The largest absolute Gasteiger partial charge is 0.399 e. The van der Waals surface area contributed by atoms with E-state index >= 15 is 0 Å². The maximum atomic E-state index is 12.9. The van der Waals surface area contributed by atoms with Gasteiger partial charge in [-0.2, -0.15) is 0 Å². The first-order valence-corrected chi connectivity index (χ1v) is 8.15. The normalized spacial score (nSPS) is 11.7. The van der Waals surface area contributed by atoms with Gasteiger partial charge in [0.25, 0.3) is 0 Å². The fourth-order valence-electron chi connectivity index (χ4n) is 3.69. The van der Waals surface area contributed by atoms with Crippen LogP contribution in [0.25, 0.3) is 43.7 Å². The molecule has 5 rings (SSSR count).